The number of hydrogen-bond donors (Lipinski definition) is 1. The average molecular weight is 337 g/mol. The third-order valence-electron chi connectivity index (χ3n) is 4.79. The number of rotatable bonds is 5. The van der Waals surface area contributed by atoms with Gasteiger partial charge in [0, 0.05) is 25.5 Å². The second-order valence-corrected chi connectivity index (χ2v) is 7.57. The van der Waals surface area contributed by atoms with Crippen molar-refractivity contribution in [3.63, 3.8) is 0 Å². The number of thioether (sulfide) groups is 1. The van der Waals surface area contributed by atoms with Crippen LogP contribution in [0.25, 0.3) is 0 Å². The first-order valence-corrected chi connectivity index (χ1v) is 9.25. The first-order valence-electron chi connectivity index (χ1n) is 8.43. The van der Waals surface area contributed by atoms with Gasteiger partial charge < -0.3 is 19.7 Å². The van der Waals surface area contributed by atoms with Crippen molar-refractivity contribution in [1.29, 1.82) is 0 Å². The maximum atomic E-state index is 12.7. The van der Waals surface area contributed by atoms with Gasteiger partial charge in [-0.05, 0) is 43.9 Å². The fourth-order valence-electron chi connectivity index (χ4n) is 3.15. The van der Waals surface area contributed by atoms with E-state index in [0.717, 1.165) is 47.8 Å². The normalized spacial score (nSPS) is 30.5. The lowest BCUT2D eigenvalue weighted by Gasteiger charge is -2.32. The highest BCUT2D eigenvalue weighted by molar-refractivity contribution is 8.18. The van der Waals surface area contributed by atoms with Gasteiger partial charge >= 0.3 is 0 Å². The van der Waals surface area contributed by atoms with E-state index in [4.69, 9.17) is 9.47 Å². The summed E-state index contributed by atoms with van der Waals surface area (Å²) in [5, 5.41) is 4.08. The summed E-state index contributed by atoms with van der Waals surface area (Å²) in [5.74, 6) is 0.704. The topological polar surface area (TPSA) is 63.2 Å². The highest BCUT2D eigenvalue weighted by atomic mass is 32.2. The molecule has 0 aromatic rings. The van der Waals surface area contributed by atoms with Crippen molar-refractivity contribution in [2.75, 3.05) is 32.9 Å². The molecule has 0 unspecified atom stereocenters. The van der Waals surface area contributed by atoms with Crippen molar-refractivity contribution < 1.29 is 14.3 Å². The van der Waals surface area contributed by atoms with E-state index >= 15 is 0 Å². The van der Waals surface area contributed by atoms with Gasteiger partial charge in [-0.15, -0.1) is 0 Å². The number of carbonyl (C=O) groups is 1. The van der Waals surface area contributed by atoms with E-state index in [1.54, 1.807) is 0 Å². The van der Waals surface area contributed by atoms with Gasteiger partial charge in [0.15, 0.2) is 5.17 Å². The number of nitrogens with one attached hydrogen (secondary N) is 1. The number of amidine groups is 1. The van der Waals surface area contributed by atoms with Crippen molar-refractivity contribution >= 4 is 22.8 Å². The molecule has 0 aromatic carbocycles. The molecule has 2 fully saturated rings. The van der Waals surface area contributed by atoms with Gasteiger partial charge in [0.2, 0.25) is 0 Å². The van der Waals surface area contributed by atoms with Crippen LogP contribution in [0.4, 0.5) is 0 Å². The number of nitrogens with zero attached hydrogens (tertiary/aromatic N) is 2. The van der Waals surface area contributed by atoms with Crippen LogP contribution < -0.4 is 5.32 Å². The van der Waals surface area contributed by atoms with E-state index in [-0.39, 0.29) is 18.1 Å². The van der Waals surface area contributed by atoms with Crippen molar-refractivity contribution in [2.45, 2.75) is 38.3 Å². The minimum absolute atomic E-state index is 0.0277. The van der Waals surface area contributed by atoms with E-state index in [1.165, 1.54) is 24.6 Å². The summed E-state index contributed by atoms with van der Waals surface area (Å²) in [6.45, 7) is 5.75. The van der Waals surface area contributed by atoms with E-state index in [0.29, 0.717) is 13.2 Å². The number of carbonyl (C=O) groups excluding carboxylic acids is 1. The van der Waals surface area contributed by atoms with Crippen LogP contribution in [0.1, 0.15) is 26.2 Å². The maximum Gasteiger partial charge on any atom is 0.260 e. The second kappa shape index (κ2) is 6.45. The molecule has 126 valence electrons. The largest absolute Gasteiger partial charge is 0.379 e. The smallest absolute Gasteiger partial charge is 0.260 e. The molecule has 4 rings (SSSR count). The number of fused-ring (bicyclic) bond motifs is 1. The highest BCUT2D eigenvalue weighted by Crippen LogP contribution is 2.36. The first kappa shape index (κ1) is 15.5. The Balaban J connectivity index is 1.38. The Morgan fingerprint density at radius 2 is 2.35 bits per heavy atom. The summed E-state index contributed by atoms with van der Waals surface area (Å²) in [6.07, 6.45) is 3.47. The van der Waals surface area contributed by atoms with Crippen LogP contribution in [0.3, 0.4) is 0 Å². The summed E-state index contributed by atoms with van der Waals surface area (Å²) in [4.78, 5) is 20.0. The molecular formula is C16H23N3O3S. The molecule has 3 aliphatic heterocycles. The lowest BCUT2D eigenvalue weighted by molar-refractivity contribution is -0.122. The Labute approximate surface area is 140 Å². The Hall–Kier alpha value is -1.05. The minimum atomic E-state index is -0.0618. The summed E-state index contributed by atoms with van der Waals surface area (Å²) in [7, 11) is 0. The monoisotopic (exact) mass is 337 g/mol. The van der Waals surface area contributed by atoms with Gasteiger partial charge in [0.25, 0.3) is 5.91 Å². The van der Waals surface area contributed by atoms with Crippen LogP contribution >= 0.6 is 11.8 Å². The summed E-state index contributed by atoms with van der Waals surface area (Å²) in [5.41, 5.74) is 1.01. The van der Waals surface area contributed by atoms with E-state index in [2.05, 4.69) is 15.2 Å². The molecule has 1 amide bonds. The van der Waals surface area contributed by atoms with Gasteiger partial charge in [-0.25, -0.2) is 0 Å². The minimum Gasteiger partial charge on any atom is -0.379 e. The van der Waals surface area contributed by atoms with Crippen molar-refractivity contribution in [1.82, 2.24) is 10.2 Å². The van der Waals surface area contributed by atoms with Crippen LogP contribution in [0.15, 0.2) is 15.6 Å². The van der Waals surface area contributed by atoms with E-state index in [9.17, 15) is 4.79 Å². The third-order valence-corrected chi connectivity index (χ3v) is 6.00. The molecule has 2 atom stereocenters. The van der Waals surface area contributed by atoms with Crippen LogP contribution in [0.5, 0.6) is 0 Å². The fourth-order valence-corrected chi connectivity index (χ4v) is 4.24. The number of aliphatic imine (C=N–C) groups is 1. The van der Waals surface area contributed by atoms with Crippen LogP contribution in [0.2, 0.25) is 0 Å². The van der Waals surface area contributed by atoms with Gasteiger partial charge in [0.05, 0.1) is 30.2 Å². The molecule has 23 heavy (non-hydrogen) atoms. The lowest BCUT2D eigenvalue weighted by Crippen LogP contribution is -2.51. The average Bonchev–Trinajstić information content (AvgIpc) is 3.17. The van der Waals surface area contributed by atoms with Crippen molar-refractivity contribution in [3.8, 4) is 0 Å². The molecule has 3 heterocycles. The quantitative estimate of drug-likeness (QED) is 0.820. The molecule has 7 heteroatoms. The Kier molecular flexibility index (Phi) is 4.34. The lowest BCUT2D eigenvalue weighted by atomic mass is 10.1. The summed E-state index contributed by atoms with van der Waals surface area (Å²) < 4.78 is 11.6. The van der Waals surface area contributed by atoms with E-state index < -0.39 is 0 Å². The van der Waals surface area contributed by atoms with Crippen molar-refractivity contribution in [2.24, 2.45) is 10.9 Å². The second-order valence-electron chi connectivity index (χ2n) is 6.59. The number of hydrogen-bond acceptors (Lipinski definition) is 6. The summed E-state index contributed by atoms with van der Waals surface area (Å²) >= 11 is 1.48. The fraction of sp³-hybridized carbons (Fsp3) is 0.750. The van der Waals surface area contributed by atoms with Crippen LogP contribution in [-0.2, 0) is 14.3 Å². The third kappa shape index (κ3) is 3.27. The molecule has 1 saturated carbocycles. The molecule has 0 radical (unpaired) electrons. The number of amides is 1. The highest BCUT2D eigenvalue weighted by Gasteiger charge is 2.36. The molecule has 0 spiro atoms. The molecule has 0 aromatic heterocycles. The Bertz CT molecular complexity index is 559. The van der Waals surface area contributed by atoms with Gasteiger partial charge in [-0.1, -0.05) is 0 Å². The SMILES string of the molecule is CC1=C(C(=O)N[C@@H]2COCC[C@@H]2OCC2CC2)SC2=NCCN21. The number of allylic oxidation sites excluding steroid dienone is 1. The number of ether oxygens (including phenoxy) is 2. The summed E-state index contributed by atoms with van der Waals surface area (Å²) in [6, 6.07) is -0.0618. The molecule has 1 saturated heterocycles. The van der Waals surface area contributed by atoms with Crippen LogP contribution in [0, 0.1) is 5.92 Å². The maximum absolute atomic E-state index is 12.7. The van der Waals surface area contributed by atoms with Gasteiger partial charge in [-0.3, -0.25) is 9.79 Å². The molecule has 1 aliphatic carbocycles. The predicted octanol–water partition coefficient (Wildman–Crippen LogP) is 1.34. The molecule has 1 N–H and O–H groups in total. The molecule has 0 bridgehead atoms. The van der Waals surface area contributed by atoms with Crippen LogP contribution in [-0.4, -0.2) is 61.0 Å². The predicted molar refractivity (Wildman–Crippen MR) is 89.1 cm³/mol. The zero-order chi connectivity index (χ0) is 15.8. The molecule has 6 nitrogen and oxygen atoms in total. The zero-order valence-corrected chi connectivity index (χ0v) is 14.2. The van der Waals surface area contributed by atoms with E-state index in [1.807, 2.05) is 6.92 Å². The van der Waals surface area contributed by atoms with Gasteiger partial charge in [-0.2, -0.15) is 0 Å². The standard InChI is InChI=1S/C16H23N3O3S/c1-10-14(23-16-17-5-6-19(10)16)15(20)18-12-9-21-7-4-13(12)22-8-11-2-3-11/h11-13H,2-9H2,1H3,(H,18,20)/t12-,13+/m1/s1. The Morgan fingerprint density at radius 1 is 1.48 bits per heavy atom. The molecular weight excluding hydrogens is 314 g/mol. The zero-order valence-electron chi connectivity index (χ0n) is 13.4. The van der Waals surface area contributed by atoms with Crippen molar-refractivity contribution in [3.05, 3.63) is 10.6 Å². The Morgan fingerprint density at radius 3 is 3.13 bits per heavy atom. The van der Waals surface area contributed by atoms with Gasteiger partial charge in [0.1, 0.15) is 0 Å². The molecule has 4 aliphatic rings. The first-order chi connectivity index (χ1) is 11.2.